The maximum atomic E-state index is 11.4. The number of carboxylic acids is 1. The first-order valence-electron chi connectivity index (χ1n) is 5.89. The zero-order valence-electron chi connectivity index (χ0n) is 12.1. The minimum absolute atomic E-state index is 0. The van der Waals surface area contributed by atoms with E-state index in [2.05, 4.69) is 19.6 Å². The van der Waals surface area contributed by atoms with Crippen molar-refractivity contribution in [3.63, 3.8) is 0 Å². The smallest absolute Gasteiger partial charge is 0.741 e. The van der Waals surface area contributed by atoms with E-state index in [-0.39, 0.29) is 65.5 Å². The van der Waals surface area contributed by atoms with Crippen LogP contribution < -0.4 is 64.2 Å². The number of hydrogen-bond acceptors (Lipinski definition) is 4. The van der Waals surface area contributed by atoms with Crippen molar-refractivity contribution in [3.8, 4) is 0 Å². The van der Waals surface area contributed by atoms with Crippen LogP contribution in [0.5, 0.6) is 0 Å². The first kappa shape index (κ1) is 24.4. The van der Waals surface area contributed by atoms with Crippen LogP contribution in [0.1, 0.15) is 58.8 Å². The molecule has 94 valence electrons. The van der Waals surface area contributed by atoms with Crippen LogP contribution >= 0.6 is 0 Å². The third-order valence-corrected chi connectivity index (χ3v) is 3.53. The van der Waals surface area contributed by atoms with Crippen LogP contribution in [0.3, 0.4) is 0 Å². The number of hydrogen-bond donors (Lipinski definition) is 0. The zero-order chi connectivity index (χ0) is 12.6. The second-order valence-corrected chi connectivity index (χ2v) is 4.65. The number of aliphatic carboxylic acids is 1. The second-order valence-electron chi connectivity index (χ2n) is 4.28. The zero-order valence-corrected chi connectivity index (χ0v) is 16.9. The average Bonchev–Trinajstić information content (AvgIpc) is 2.21. The van der Waals surface area contributed by atoms with Crippen LogP contribution in [-0.2, 0) is 22.2 Å². The molecule has 0 rings (SSSR count). The Bertz CT molecular complexity index is 249. The van der Waals surface area contributed by atoms with Crippen LogP contribution in [0, 0.1) is 5.41 Å². The van der Waals surface area contributed by atoms with Crippen molar-refractivity contribution in [2.75, 3.05) is 0 Å². The van der Waals surface area contributed by atoms with Gasteiger partial charge in [-0.2, -0.15) is 0 Å². The molecule has 0 aliphatic carbocycles. The average molecular weight is 290 g/mol. The molecule has 0 heterocycles. The Balaban J connectivity index is -0.00000112. The van der Waals surface area contributed by atoms with Crippen molar-refractivity contribution in [2.24, 2.45) is 5.41 Å². The van der Waals surface area contributed by atoms with Gasteiger partial charge in [-0.15, -0.1) is 0 Å². The molecule has 1 atom stereocenters. The van der Waals surface area contributed by atoms with Crippen LogP contribution in [0.2, 0.25) is 0 Å². The van der Waals surface area contributed by atoms with Gasteiger partial charge in [0, 0.05) is 16.5 Å². The van der Waals surface area contributed by atoms with E-state index in [4.69, 9.17) is 0 Å². The van der Waals surface area contributed by atoms with Crippen molar-refractivity contribution < 1.29 is 73.8 Å². The number of unbranched alkanes of at least 4 members (excludes halogenated alkanes) is 3. The molecule has 1 unspecified atom stereocenters. The normalized spacial score (nSPS) is 12.8. The summed E-state index contributed by atoms with van der Waals surface area (Å²) in [6, 6.07) is 0. The Morgan fingerprint density at radius 1 is 1.11 bits per heavy atom. The predicted octanol–water partition coefficient (Wildman–Crippen LogP) is -4.43. The third kappa shape index (κ3) is 9.29. The summed E-state index contributed by atoms with van der Waals surface area (Å²) in [5, 5.41) is 10.2. The fraction of sp³-hybridized carbons (Fsp3) is 0.833. The van der Waals surface area contributed by atoms with E-state index in [1.807, 2.05) is 6.92 Å². The summed E-state index contributed by atoms with van der Waals surface area (Å²) in [6.45, 7) is 3.92. The Morgan fingerprint density at radius 3 is 2.00 bits per heavy atom. The molecule has 6 heteroatoms. The molecule has 0 aliphatic heterocycles. The van der Waals surface area contributed by atoms with Gasteiger partial charge < -0.3 is 27.3 Å². The van der Waals surface area contributed by atoms with Crippen LogP contribution in [0.4, 0.5) is 0 Å². The van der Waals surface area contributed by atoms with Crippen LogP contribution in [0.25, 0.3) is 0 Å². The molecule has 0 radical (unpaired) electrons. The summed E-state index contributed by atoms with van der Waals surface area (Å²) in [5.41, 5.74) is -0.873. The molecule has 0 spiro atoms. The summed E-state index contributed by atoms with van der Waals surface area (Å²) < 4.78 is 0. The van der Waals surface area contributed by atoms with Crippen molar-refractivity contribution in [1.82, 2.24) is 0 Å². The van der Waals surface area contributed by atoms with E-state index in [1.54, 1.807) is 0 Å². The van der Waals surface area contributed by atoms with E-state index < -0.39 is 16.5 Å². The van der Waals surface area contributed by atoms with Gasteiger partial charge in [-0.05, 0) is 19.3 Å². The van der Waals surface area contributed by atoms with Crippen molar-refractivity contribution in [1.29, 1.82) is 0 Å². The molecule has 0 fully saturated rings. The Kier molecular flexibility index (Phi) is 18.1. The fourth-order valence-electron chi connectivity index (χ4n) is 1.88. The largest absolute Gasteiger partial charge is 1.00 e. The molecule has 0 aromatic carbocycles. The van der Waals surface area contributed by atoms with Gasteiger partial charge in [0.25, 0.3) is 0 Å². The van der Waals surface area contributed by atoms with E-state index >= 15 is 0 Å². The molecule has 3 nitrogen and oxygen atoms in total. The van der Waals surface area contributed by atoms with E-state index in [9.17, 15) is 14.7 Å². The number of carboxylic acid groups (broad SMARTS) is 1. The Morgan fingerprint density at radius 2 is 1.67 bits per heavy atom. The van der Waals surface area contributed by atoms with E-state index in [0.717, 1.165) is 25.7 Å². The van der Waals surface area contributed by atoms with Crippen LogP contribution in [0.15, 0.2) is 0 Å². The minimum atomic E-state index is -1.18. The fourth-order valence-corrected chi connectivity index (χ4v) is 2.19. The molecule has 0 aromatic heterocycles. The van der Waals surface area contributed by atoms with Crippen molar-refractivity contribution in [3.05, 3.63) is 0 Å². The summed E-state index contributed by atoms with van der Waals surface area (Å²) in [5.74, 6) is -1.18. The van der Waals surface area contributed by atoms with Gasteiger partial charge in [-0.1, -0.05) is 39.5 Å². The van der Waals surface area contributed by atoms with Gasteiger partial charge in [0.05, 0.1) is 0 Å². The topological polar surface area (TPSA) is 57.2 Å². The molecular formula is C12H20Na2O3S. The number of carbonyl (C=O) groups is 2. The van der Waals surface area contributed by atoms with Gasteiger partial charge >= 0.3 is 59.1 Å². The molecule has 0 saturated carbocycles. The minimum Gasteiger partial charge on any atom is -0.741 e. The third-order valence-electron chi connectivity index (χ3n) is 3.10. The predicted molar refractivity (Wildman–Crippen MR) is 63.5 cm³/mol. The molecule has 0 bridgehead atoms. The van der Waals surface area contributed by atoms with E-state index in [0.29, 0.717) is 12.8 Å². The van der Waals surface area contributed by atoms with Gasteiger partial charge in [0.15, 0.2) is 0 Å². The first-order chi connectivity index (χ1) is 7.48. The molecular weight excluding hydrogens is 270 g/mol. The summed E-state index contributed by atoms with van der Waals surface area (Å²) in [7, 11) is 0. The molecule has 18 heavy (non-hydrogen) atoms. The molecule has 0 N–H and O–H groups in total. The summed E-state index contributed by atoms with van der Waals surface area (Å²) in [4.78, 5) is 22.1. The van der Waals surface area contributed by atoms with Gasteiger partial charge in [-0.3, -0.25) is 0 Å². The van der Waals surface area contributed by atoms with Gasteiger partial charge in [0.2, 0.25) is 0 Å². The Hall–Kier alpha value is 1.36. The van der Waals surface area contributed by atoms with Crippen molar-refractivity contribution in [2.45, 2.75) is 58.8 Å². The maximum absolute atomic E-state index is 11.4. The number of rotatable bonds is 9. The van der Waals surface area contributed by atoms with Gasteiger partial charge in [0.1, 0.15) is 0 Å². The van der Waals surface area contributed by atoms with Crippen molar-refractivity contribution >= 4 is 23.7 Å². The molecule has 0 aromatic rings. The SMILES string of the molecule is CCCCCCC(CC)(CC(=O)[O-])C(=O)[S-].[Na+].[Na+]. The quantitative estimate of drug-likeness (QED) is 0.244. The maximum Gasteiger partial charge on any atom is 1.00 e. The summed E-state index contributed by atoms with van der Waals surface area (Å²) >= 11 is 4.68. The number of carbonyl (C=O) groups excluding carboxylic acids is 2. The van der Waals surface area contributed by atoms with Crippen LogP contribution in [-0.4, -0.2) is 11.1 Å². The molecule has 0 aliphatic rings. The molecule has 0 saturated heterocycles. The monoisotopic (exact) mass is 290 g/mol. The van der Waals surface area contributed by atoms with Gasteiger partial charge in [-0.25, -0.2) is 0 Å². The molecule has 0 amide bonds. The first-order valence-corrected chi connectivity index (χ1v) is 6.30. The van der Waals surface area contributed by atoms with E-state index in [1.165, 1.54) is 0 Å². The second kappa shape index (κ2) is 13.3. The standard InChI is InChI=1S/C12H22O3S.2Na/c1-3-5-6-7-8-12(4-2,11(15)16)9-10(13)14;;/h3-9H2,1-2H3,(H,13,14)(H,15,16);;/q;2*+1/p-2. The summed E-state index contributed by atoms with van der Waals surface area (Å²) in [6.07, 6.45) is 4.91. The Labute approximate surface area is 160 Å².